The van der Waals surface area contributed by atoms with Crippen LogP contribution in [0.15, 0.2) is 41.3 Å². The van der Waals surface area contributed by atoms with E-state index < -0.39 is 98.4 Å². The summed E-state index contributed by atoms with van der Waals surface area (Å²) in [5.41, 5.74) is -6.38. The maximum absolute atomic E-state index is 15.8. The van der Waals surface area contributed by atoms with Crippen LogP contribution >= 0.6 is 0 Å². The molecule has 1 fully saturated rings. The molecule has 1 saturated heterocycles. The Hall–Kier alpha value is -3.07. The molecule has 0 amide bonds. The molecule has 4 rings (SSSR count). The third kappa shape index (κ3) is 7.03. The molecule has 0 aromatic heterocycles. The standard InChI is InChI=1S/C28H31F7N2O5S/c1-26(31,32)8-7-17-15-37(19-5-3-18(29)4-6-19)21-13-20(28(33,34)35)22(14-23(21)43(40,41)24(17)30)42-16-27(25(38)39)9-11-36(2)12-10-27/h3-6,13-14,17,24H,7-12,15-16H2,1-2H3,(H,38,39)/t17-,24+/m1/s1. The van der Waals surface area contributed by atoms with Crippen molar-refractivity contribution in [3.63, 3.8) is 0 Å². The van der Waals surface area contributed by atoms with Gasteiger partial charge in [0.2, 0.25) is 21.3 Å². The SMILES string of the molecule is CN1CCC(COc2cc3c(cc2C(F)(F)F)N(c2ccc(F)cc2)C[C@@H](CCC(C)(F)F)[C@@H](F)S3(=O)=O)(C(=O)O)CC1. The van der Waals surface area contributed by atoms with E-state index in [2.05, 4.69) is 0 Å². The Morgan fingerprint density at radius 2 is 1.70 bits per heavy atom. The van der Waals surface area contributed by atoms with Gasteiger partial charge in [0.25, 0.3) is 0 Å². The maximum atomic E-state index is 15.8. The van der Waals surface area contributed by atoms with Gasteiger partial charge in [-0.05, 0) is 76.7 Å². The number of benzene rings is 2. The van der Waals surface area contributed by atoms with Crippen molar-refractivity contribution in [3.05, 3.63) is 47.8 Å². The van der Waals surface area contributed by atoms with Crippen LogP contribution in [0.3, 0.4) is 0 Å². The number of carboxylic acid groups (broad SMARTS) is 1. The van der Waals surface area contributed by atoms with Gasteiger partial charge < -0.3 is 19.6 Å². The zero-order chi connectivity index (χ0) is 32.0. The molecule has 238 valence electrons. The number of anilines is 2. The number of aliphatic carboxylic acids is 1. The molecule has 43 heavy (non-hydrogen) atoms. The third-order valence-electron chi connectivity index (χ3n) is 8.04. The molecule has 0 radical (unpaired) electrons. The van der Waals surface area contributed by atoms with Crippen molar-refractivity contribution in [3.8, 4) is 5.75 Å². The average Bonchev–Trinajstić information content (AvgIpc) is 2.99. The van der Waals surface area contributed by atoms with Crippen molar-refractivity contribution >= 4 is 27.2 Å². The highest BCUT2D eigenvalue weighted by molar-refractivity contribution is 7.92. The molecular weight excluding hydrogens is 609 g/mol. The molecule has 2 aromatic rings. The number of carboxylic acids is 1. The zero-order valence-electron chi connectivity index (χ0n) is 23.3. The van der Waals surface area contributed by atoms with E-state index in [1.165, 1.54) is 0 Å². The fraction of sp³-hybridized carbons (Fsp3) is 0.536. The number of nitrogens with zero attached hydrogens (tertiary/aromatic N) is 2. The number of alkyl halides is 6. The number of hydrogen-bond acceptors (Lipinski definition) is 6. The topological polar surface area (TPSA) is 87.2 Å². The summed E-state index contributed by atoms with van der Waals surface area (Å²) in [6.07, 6.45) is -6.54. The van der Waals surface area contributed by atoms with Gasteiger partial charge in [-0.3, -0.25) is 4.79 Å². The van der Waals surface area contributed by atoms with Gasteiger partial charge in [0.15, 0.2) is 0 Å². The van der Waals surface area contributed by atoms with E-state index in [0.29, 0.717) is 32.1 Å². The molecule has 0 aliphatic carbocycles. The van der Waals surface area contributed by atoms with E-state index in [1.54, 1.807) is 7.05 Å². The molecule has 0 bridgehead atoms. The van der Waals surface area contributed by atoms with E-state index in [1.807, 2.05) is 4.90 Å². The largest absolute Gasteiger partial charge is 0.492 e. The molecule has 2 aliphatic heterocycles. The van der Waals surface area contributed by atoms with E-state index in [4.69, 9.17) is 4.74 Å². The minimum absolute atomic E-state index is 0.00171. The van der Waals surface area contributed by atoms with Crippen LogP contribution in [0.2, 0.25) is 0 Å². The third-order valence-corrected chi connectivity index (χ3v) is 9.96. The van der Waals surface area contributed by atoms with Crippen LogP contribution in [0.5, 0.6) is 5.75 Å². The molecule has 2 aromatic carbocycles. The number of hydrogen-bond donors (Lipinski definition) is 1. The molecule has 0 unspecified atom stereocenters. The van der Waals surface area contributed by atoms with Gasteiger partial charge in [0.1, 0.15) is 23.6 Å². The van der Waals surface area contributed by atoms with E-state index in [9.17, 15) is 44.7 Å². The smallest absolute Gasteiger partial charge is 0.420 e. The van der Waals surface area contributed by atoms with Crippen molar-refractivity contribution in [2.75, 3.05) is 38.2 Å². The predicted octanol–water partition coefficient (Wildman–Crippen LogP) is 6.29. The van der Waals surface area contributed by atoms with Crippen LogP contribution in [-0.4, -0.2) is 69.1 Å². The van der Waals surface area contributed by atoms with Crippen LogP contribution in [0.1, 0.15) is 38.2 Å². The number of ether oxygens (including phenoxy) is 1. The summed E-state index contributed by atoms with van der Waals surface area (Å²) in [7, 11) is -3.34. The first-order valence-corrected chi connectivity index (χ1v) is 15.0. The molecule has 0 spiro atoms. The lowest BCUT2D eigenvalue weighted by Crippen LogP contribution is -2.46. The number of piperidine rings is 1. The Morgan fingerprint density at radius 3 is 2.23 bits per heavy atom. The van der Waals surface area contributed by atoms with Crippen LogP contribution in [0.4, 0.5) is 42.1 Å². The first-order chi connectivity index (χ1) is 19.8. The van der Waals surface area contributed by atoms with Crippen molar-refractivity contribution in [1.29, 1.82) is 0 Å². The lowest BCUT2D eigenvalue weighted by molar-refractivity contribution is -0.154. The summed E-state index contributed by atoms with van der Waals surface area (Å²) in [6.45, 7) is -0.0932. The molecular formula is C28H31F7N2O5S. The van der Waals surface area contributed by atoms with Gasteiger partial charge in [-0.2, -0.15) is 13.2 Å². The second-order valence-electron chi connectivity index (χ2n) is 11.3. The van der Waals surface area contributed by atoms with Crippen LogP contribution in [0.25, 0.3) is 0 Å². The van der Waals surface area contributed by atoms with Gasteiger partial charge in [-0.15, -0.1) is 0 Å². The molecule has 2 aliphatic rings. The fourth-order valence-corrected chi connectivity index (χ4v) is 7.03. The summed E-state index contributed by atoms with van der Waals surface area (Å²) >= 11 is 0. The number of fused-ring (bicyclic) bond motifs is 1. The van der Waals surface area contributed by atoms with Crippen LogP contribution < -0.4 is 9.64 Å². The lowest BCUT2D eigenvalue weighted by Gasteiger charge is -2.37. The second-order valence-corrected chi connectivity index (χ2v) is 13.3. The normalized spacial score (nSPS) is 22.5. The summed E-state index contributed by atoms with van der Waals surface area (Å²) in [4.78, 5) is 14.1. The predicted molar refractivity (Wildman–Crippen MR) is 143 cm³/mol. The molecule has 0 saturated carbocycles. The Balaban J connectivity index is 1.87. The Bertz CT molecular complexity index is 1440. The summed E-state index contributed by atoms with van der Waals surface area (Å²) in [6, 6.07) is 5.18. The average molecular weight is 641 g/mol. The first kappa shape index (κ1) is 32.8. The van der Waals surface area contributed by atoms with Crippen LogP contribution in [-0.2, 0) is 20.8 Å². The lowest BCUT2D eigenvalue weighted by atomic mass is 9.79. The number of likely N-dealkylation sites (tertiary alicyclic amines) is 1. The monoisotopic (exact) mass is 640 g/mol. The Morgan fingerprint density at radius 1 is 1.09 bits per heavy atom. The minimum Gasteiger partial charge on any atom is -0.492 e. The van der Waals surface area contributed by atoms with E-state index in [-0.39, 0.29) is 18.5 Å². The number of sulfone groups is 1. The Labute approximate surface area is 244 Å². The van der Waals surface area contributed by atoms with Gasteiger partial charge >= 0.3 is 12.1 Å². The Kier molecular flexibility index (Phi) is 9.00. The van der Waals surface area contributed by atoms with E-state index in [0.717, 1.165) is 29.2 Å². The highest BCUT2D eigenvalue weighted by atomic mass is 32.2. The molecule has 1 N–H and O–H groups in total. The van der Waals surface area contributed by atoms with Gasteiger partial charge in [0, 0.05) is 30.6 Å². The quantitative estimate of drug-likeness (QED) is 0.340. The maximum Gasteiger partial charge on any atom is 0.420 e. The number of halogens is 7. The van der Waals surface area contributed by atoms with Crippen molar-refractivity contribution < 1.29 is 53.8 Å². The first-order valence-electron chi connectivity index (χ1n) is 13.4. The minimum atomic E-state index is -5.13. The number of rotatable bonds is 8. The van der Waals surface area contributed by atoms with Gasteiger partial charge in [0.05, 0.1) is 16.1 Å². The summed E-state index contributed by atoms with van der Waals surface area (Å²) in [5, 5.41) is 9.89. The van der Waals surface area contributed by atoms with Crippen molar-refractivity contribution in [2.24, 2.45) is 11.3 Å². The van der Waals surface area contributed by atoms with E-state index >= 15 is 4.39 Å². The molecule has 15 heteroatoms. The summed E-state index contributed by atoms with van der Waals surface area (Å²) in [5.74, 6) is -7.89. The zero-order valence-corrected chi connectivity index (χ0v) is 24.1. The van der Waals surface area contributed by atoms with Crippen molar-refractivity contribution in [1.82, 2.24) is 4.90 Å². The molecule has 2 heterocycles. The number of carbonyl (C=O) groups is 1. The second kappa shape index (κ2) is 11.8. The van der Waals surface area contributed by atoms with Crippen molar-refractivity contribution in [2.45, 2.75) is 55.1 Å². The fourth-order valence-electron chi connectivity index (χ4n) is 5.33. The highest BCUT2D eigenvalue weighted by Gasteiger charge is 2.47. The molecule has 2 atom stereocenters. The highest BCUT2D eigenvalue weighted by Crippen LogP contribution is 2.48. The summed E-state index contributed by atoms with van der Waals surface area (Å²) < 4.78 is 133. The van der Waals surface area contributed by atoms with Crippen LogP contribution in [0, 0.1) is 17.2 Å². The molecule has 7 nitrogen and oxygen atoms in total. The van der Waals surface area contributed by atoms with Gasteiger partial charge in [-0.1, -0.05) is 0 Å². The van der Waals surface area contributed by atoms with Gasteiger partial charge in [-0.25, -0.2) is 26.0 Å².